The van der Waals surface area contributed by atoms with Gasteiger partial charge in [-0.15, -0.1) is 93.9 Å². The standard InChI is InChI=1S/2C29H35Si.2CH3.2ClH.Si.Zr/c2*1-30(2,3)26-9-7-22(8-10-26)27-6-4-5-23-12-21(18-29(23)27)17-28-24-13-19-11-20(15-24)16-25(28)14-19;;;;;;/h2*4-10,12,18-20,24-25,28H,11,13-17H2,1-3H3;2*1H3;2*1H;;/q4*-1;;;;. The SMILES string of the molecule is C[Si](C)(C)c1ccc(-c2cccc3[cH-]c(CC4C5CC6CC(C5)CC4C6)cc23)cc1.C[Si](C)(C)c1ccc(-c2cccc3[cH-]c(CC4C5CC6CC(C5)CC4C6)cc23)cc1.Cl.Cl.[CH3-].[CH3-].[Si]=[Zr]. The number of hydrogen-bond acceptors (Lipinski definition) is 0. The molecule has 352 valence electrons. The predicted octanol–water partition coefficient (Wildman–Crippen LogP) is 16.1. The van der Waals surface area contributed by atoms with Gasteiger partial charge in [0.2, 0.25) is 0 Å². The number of halogens is 2. The van der Waals surface area contributed by atoms with Crippen molar-refractivity contribution in [3.63, 3.8) is 0 Å². The maximum absolute atomic E-state index is 3.06. The van der Waals surface area contributed by atoms with Gasteiger partial charge in [-0.25, -0.2) is 0 Å². The molecule has 0 nitrogen and oxygen atoms in total. The van der Waals surface area contributed by atoms with Gasteiger partial charge in [0.05, 0.1) is 16.1 Å². The van der Waals surface area contributed by atoms with Gasteiger partial charge in [-0.2, -0.15) is 12.1 Å². The van der Waals surface area contributed by atoms with E-state index in [0.29, 0.717) is 0 Å². The minimum absolute atomic E-state index is 0. The van der Waals surface area contributed by atoms with Crippen LogP contribution in [0.25, 0.3) is 43.8 Å². The quantitative estimate of drug-likeness (QED) is 0.105. The summed E-state index contributed by atoms with van der Waals surface area (Å²) in [5.41, 5.74) is 8.74. The Balaban J connectivity index is 0.000000199. The molecule has 0 spiro atoms. The summed E-state index contributed by atoms with van der Waals surface area (Å²) in [6.45, 7) is 17.6. The predicted molar refractivity (Wildman–Crippen MR) is 297 cm³/mol. The Morgan fingerprint density at radius 2 is 0.758 bits per heavy atom. The molecule has 6 aromatic carbocycles. The Hall–Kier alpha value is -1.79. The second-order valence-electron chi connectivity index (χ2n) is 23.6. The summed E-state index contributed by atoms with van der Waals surface area (Å²) in [7, 11) is -2.49. The molecular formula is C60H78Cl2Si3Zr-4. The molecule has 0 amide bonds. The Labute approximate surface area is 432 Å². The van der Waals surface area contributed by atoms with Crippen LogP contribution in [0.1, 0.15) is 75.3 Å². The van der Waals surface area contributed by atoms with Crippen molar-refractivity contribution in [2.45, 2.75) is 116 Å². The third-order valence-corrected chi connectivity index (χ3v) is 21.7. The van der Waals surface area contributed by atoms with Crippen molar-refractivity contribution >= 4 is 79.8 Å². The van der Waals surface area contributed by atoms with E-state index in [1.807, 2.05) is 0 Å². The van der Waals surface area contributed by atoms with Crippen molar-refractivity contribution in [2.24, 2.45) is 59.2 Å². The summed E-state index contributed by atoms with van der Waals surface area (Å²) in [5, 5.41) is 8.86. The van der Waals surface area contributed by atoms with Crippen LogP contribution in [0, 0.1) is 74.0 Å². The molecule has 8 fully saturated rings. The van der Waals surface area contributed by atoms with Crippen molar-refractivity contribution in [2.75, 3.05) is 0 Å². The minimum atomic E-state index is -1.25. The van der Waals surface area contributed by atoms with Gasteiger partial charge in [0.15, 0.2) is 0 Å². The van der Waals surface area contributed by atoms with Gasteiger partial charge >= 0.3 is 30.2 Å². The number of rotatable bonds is 8. The molecule has 0 N–H and O–H groups in total. The average molecular weight is 1050 g/mol. The molecule has 66 heavy (non-hydrogen) atoms. The van der Waals surface area contributed by atoms with Gasteiger partial charge in [0, 0.05) is 0 Å². The summed E-state index contributed by atoms with van der Waals surface area (Å²) < 4.78 is 0. The van der Waals surface area contributed by atoms with Crippen LogP contribution in [0.5, 0.6) is 0 Å². The zero-order chi connectivity index (χ0) is 42.9. The van der Waals surface area contributed by atoms with Gasteiger partial charge in [-0.05, 0) is 147 Å². The fraction of sp³-hybridized carbons (Fsp3) is 0.467. The van der Waals surface area contributed by atoms with Gasteiger partial charge in [0.25, 0.3) is 0 Å². The zero-order valence-corrected chi connectivity index (χ0v) is 48.6. The van der Waals surface area contributed by atoms with Crippen molar-refractivity contribution in [3.8, 4) is 22.3 Å². The van der Waals surface area contributed by atoms with Gasteiger partial charge < -0.3 is 14.9 Å². The van der Waals surface area contributed by atoms with Crippen molar-refractivity contribution in [3.05, 3.63) is 135 Å². The van der Waals surface area contributed by atoms with Crippen LogP contribution < -0.4 is 10.4 Å². The first-order valence-electron chi connectivity index (χ1n) is 24.7. The molecule has 0 aliphatic heterocycles. The van der Waals surface area contributed by atoms with Crippen LogP contribution in [-0.2, 0) is 36.2 Å². The number of hydrogen-bond donors (Lipinski definition) is 0. The third kappa shape index (κ3) is 10.9. The van der Waals surface area contributed by atoms with Crippen LogP contribution in [-0.4, -0.2) is 23.0 Å². The van der Waals surface area contributed by atoms with Gasteiger partial charge in [0.1, 0.15) is 0 Å². The van der Waals surface area contributed by atoms with E-state index >= 15 is 0 Å². The van der Waals surface area contributed by atoms with E-state index in [4.69, 9.17) is 0 Å². The zero-order valence-electron chi connectivity index (χ0n) is 41.5. The third-order valence-electron chi connectivity index (χ3n) is 17.5. The molecule has 8 saturated carbocycles. The second kappa shape index (κ2) is 21.7. The van der Waals surface area contributed by atoms with E-state index in [1.54, 1.807) is 34.3 Å². The molecule has 6 aromatic rings. The van der Waals surface area contributed by atoms with Crippen molar-refractivity contribution < 1.29 is 23.3 Å². The van der Waals surface area contributed by atoms with E-state index in [2.05, 4.69) is 155 Å². The summed E-state index contributed by atoms with van der Waals surface area (Å²) in [6, 6.07) is 42.7. The first-order valence-corrected chi connectivity index (χ1v) is 35.9. The Kier molecular flexibility index (Phi) is 17.6. The Bertz CT molecular complexity index is 2290. The second-order valence-corrected chi connectivity index (χ2v) is 33.8. The van der Waals surface area contributed by atoms with E-state index in [-0.39, 0.29) is 39.7 Å². The molecule has 8 bridgehead atoms. The first-order chi connectivity index (χ1) is 29.9. The van der Waals surface area contributed by atoms with Gasteiger partial charge in [-0.3, -0.25) is 0 Å². The molecule has 8 aliphatic rings. The fourth-order valence-electron chi connectivity index (χ4n) is 14.9. The maximum atomic E-state index is 3.06. The van der Waals surface area contributed by atoms with Crippen molar-refractivity contribution in [1.82, 2.24) is 0 Å². The van der Waals surface area contributed by atoms with Gasteiger partial charge in [-0.1, -0.05) is 121 Å². The topological polar surface area (TPSA) is 0 Å². The normalized spacial score (nSPS) is 27.6. The monoisotopic (exact) mass is 1040 g/mol. The molecule has 8 aliphatic carbocycles. The molecular weight excluding hydrogens is 967 g/mol. The van der Waals surface area contributed by atoms with E-state index in [9.17, 15) is 0 Å². The number of benzene rings is 4. The average Bonchev–Trinajstić information content (AvgIpc) is 3.87. The van der Waals surface area contributed by atoms with Crippen molar-refractivity contribution in [1.29, 1.82) is 0 Å². The van der Waals surface area contributed by atoms with Crippen LogP contribution in [0.15, 0.2) is 109 Å². The van der Waals surface area contributed by atoms with E-state index in [1.165, 1.54) is 131 Å². The fourth-order valence-corrected chi connectivity index (χ4v) is 17.3. The molecule has 14 rings (SSSR count). The summed E-state index contributed by atoms with van der Waals surface area (Å²) in [5.74, 6) is 10.3. The van der Waals surface area contributed by atoms with Crippen LogP contribution >= 0.6 is 24.8 Å². The Morgan fingerprint density at radius 3 is 1.05 bits per heavy atom. The molecule has 0 saturated heterocycles. The first kappa shape index (κ1) is 53.6. The Morgan fingerprint density at radius 1 is 0.455 bits per heavy atom. The molecule has 6 heteroatoms. The molecule has 0 heterocycles. The van der Waals surface area contributed by atoms with Crippen LogP contribution in [0.3, 0.4) is 0 Å². The molecule has 0 aromatic heterocycles. The summed E-state index contributed by atoms with van der Waals surface area (Å²) >= 11 is 1.36. The summed E-state index contributed by atoms with van der Waals surface area (Å²) in [6.07, 6.45) is 18.0. The van der Waals surface area contributed by atoms with E-state index < -0.39 is 16.1 Å². The molecule has 2 radical (unpaired) electrons. The molecule has 0 atom stereocenters. The van der Waals surface area contributed by atoms with E-state index in [0.717, 1.165) is 59.2 Å². The van der Waals surface area contributed by atoms with Crippen LogP contribution in [0.2, 0.25) is 39.3 Å². The molecule has 0 unspecified atom stereocenters. The number of fused-ring (bicyclic) bond motifs is 2. The van der Waals surface area contributed by atoms with Crippen LogP contribution in [0.4, 0.5) is 0 Å². The summed E-state index contributed by atoms with van der Waals surface area (Å²) in [4.78, 5) is 0.